The number of hydrogen-bond donors (Lipinski definition) is 1. The second-order valence-electron chi connectivity index (χ2n) is 4.06. The van der Waals surface area contributed by atoms with Gasteiger partial charge in [-0.05, 0) is 24.6 Å². The van der Waals surface area contributed by atoms with Crippen molar-refractivity contribution in [1.82, 2.24) is 10.3 Å². The third-order valence-corrected chi connectivity index (χ3v) is 3.83. The van der Waals surface area contributed by atoms with E-state index >= 15 is 0 Å². The van der Waals surface area contributed by atoms with Crippen molar-refractivity contribution in [3.63, 3.8) is 0 Å². The summed E-state index contributed by atoms with van der Waals surface area (Å²) in [5.74, 6) is -0.433. The number of amides is 1. The molecule has 3 nitrogen and oxygen atoms in total. The van der Waals surface area contributed by atoms with E-state index < -0.39 is 0 Å². The number of halogens is 2. The fourth-order valence-corrected chi connectivity index (χ4v) is 2.64. The van der Waals surface area contributed by atoms with Gasteiger partial charge in [-0.15, -0.1) is 11.3 Å². The summed E-state index contributed by atoms with van der Waals surface area (Å²) in [7, 11) is 1.58. The van der Waals surface area contributed by atoms with Gasteiger partial charge in [-0.2, -0.15) is 0 Å². The molecular formula is C13H12ClFN2OS. The molecule has 0 fully saturated rings. The van der Waals surface area contributed by atoms with Gasteiger partial charge in [-0.25, -0.2) is 9.37 Å². The van der Waals surface area contributed by atoms with Crippen LogP contribution in [0.15, 0.2) is 17.5 Å². The fourth-order valence-electron chi connectivity index (χ4n) is 1.60. The Kier molecular flexibility index (Phi) is 4.17. The molecule has 6 heteroatoms. The zero-order valence-corrected chi connectivity index (χ0v) is 12.0. The van der Waals surface area contributed by atoms with Crippen LogP contribution in [-0.2, 0) is 11.2 Å². The molecule has 1 amide bonds. The fraction of sp³-hybridized carbons (Fsp3) is 0.231. The van der Waals surface area contributed by atoms with Gasteiger partial charge < -0.3 is 5.32 Å². The van der Waals surface area contributed by atoms with Crippen molar-refractivity contribution in [2.75, 3.05) is 7.05 Å². The van der Waals surface area contributed by atoms with E-state index in [2.05, 4.69) is 10.3 Å². The van der Waals surface area contributed by atoms with Gasteiger partial charge in [0.2, 0.25) is 5.91 Å². The van der Waals surface area contributed by atoms with Gasteiger partial charge in [-0.1, -0.05) is 11.6 Å². The number of carbonyl (C=O) groups excluding carboxylic acids is 1. The molecule has 0 radical (unpaired) electrons. The van der Waals surface area contributed by atoms with Crippen LogP contribution in [0.25, 0.3) is 11.3 Å². The van der Waals surface area contributed by atoms with E-state index in [4.69, 9.17) is 11.6 Å². The smallest absolute Gasteiger partial charge is 0.226 e. The molecule has 0 aliphatic heterocycles. The molecule has 2 aromatic rings. The number of thiazole rings is 1. The molecule has 0 aliphatic carbocycles. The average Bonchev–Trinajstić information content (AvgIpc) is 2.82. The first-order valence-electron chi connectivity index (χ1n) is 5.62. The normalized spacial score (nSPS) is 10.5. The summed E-state index contributed by atoms with van der Waals surface area (Å²) in [6, 6.07) is 2.94. The van der Waals surface area contributed by atoms with Crippen LogP contribution in [0.1, 0.15) is 10.6 Å². The van der Waals surface area contributed by atoms with Crippen molar-refractivity contribution in [1.29, 1.82) is 0 Å². The number of aromatic nitrogens is 1. The summed E-state index contributed by atoms with van der Waals surface area (Å²) in [4.78, 5) is 15.6. The molecule has 0 atom stereocenters. The van der Waals surface area contributed by atoms with Crippen molar-refractivity contribution in [2.45, 2.75) is 13.3 Å². The highest BCUT2D eigenvalue weighted by Crippen LogP contribution is 2.31. The third kappa shape index (κ3) is 3.11. The van der Waals surface area contributed by atoms with Gasteiger partial charge in [0.1, 0.15) is 10.8 Å². The number of benzene rings is 1. The first-order chi connectivity index (χ1) is 9.01. The molecule has 1 aromatic carbocycles. The van der Waals surface area contributed by atoms with Crippen molar-refractivity contribution in [3.05, 3.63) is 38.9 Å². The van der Waals surface area contributed by atoms with Crippen LogP contribution in [-0.4, -0.2) is 17.9 Å². The Morgan fingerprint density at radius 1 is 1.53 bits per heavy atom. The van der Waals surface area contributed by atoms with E-state index in [1.807, 2.05) is 5.38 Å². The lowest BCUT2D eigenvalue weighted by molar-refractivity contribution is -0.119. The van der Waals surface area contributed by atoms with Gasteiger partial charge in [-0.3, -0.25) is 4.79 Å². The van der Waals surface area contributed by atoms with Crippen molar-refractivity contribution >= 4 is 28.8 Å². The third-order valence-electron chi connectivity index (χ3n) is 2.67. The predicted molar refractivity (Wildman–Crippen MR) is 75.0 cm³/mol. The number of carbonyl (C=O) groups is 1. The highest BCUT2D eigenvalue weighted by molar-refractivity contribution is 7.10. The van der Waals surface area contributed by atoms with Crippen LogP contribution in [0, 0.1) is 12.7 Å². The minimum atomic E-state index is -0.338. The molecule has 0 saturated carbocycles. The molecule has 100 valence electrons. The Balaban J connectivity index is 2.33. The molecule has 0 spiro atoms. The van der Waals surface area contributed by atoms with E-state index in [0.717, 1.165) is 0 Å². The topological polar surface area (TPSA) is 42.0 Å². The lowest BCUT2D eigenvalue weighted by Crippen LogP contribution is -2.19. The van der Waals surface area contributed by atoms with Crippen LogP contribution in [0.4, 0.5) is 4.39 Å². The zero-order valence-electron chi connectivity index (χ0n) is 10.5. The zero-order chi connectivity index (χ0) is 14.0. The van der Waals surface area contributed by atoms with Crippen LogP contribution in [0.2, 0.25) is 5.02 Å². The molecular weight excluding hydrogens is 287 g/mol. The summed E-state index contributed by atoms with van der Waals surface area (Å²) >= 11 is 7.41. The van der Waals surface area contributed by atoms with Crippen molar-refractivity contribution < 1.29 is 9.18 Å². The lowest BCUT2D eigenvalue weighted by Gasteiger charge is -2.03. The maximum atomic E-state index is 13.3. The Labute approximate surface area is 119 Å². The summed E-state index contributed by atoms with van der Waals surface area (Å²) in [6.45, 7) is 1.67. The first kappa shape index (κ1) is 14.0. The van der Waals surface area contributed by atoms with E-state index in [1.165, 1.54) is 17.4 Å². The van der Waals surface area contributed by atoms with Crippen molar-refractivity contribution in [2.24, 2.45) is 0 Å². The molecule has 1 heterocycles. The SMILES string of the molecule is CNC(=O)Cc1nc(-c2cc(C)c(F)cc2Cl)cs1. The molecule has 0 unspecified atom stereocenters. The minimum absolute atomic E-state index is 0.0951. The van der Waals surface area contributed by atoms with Gasteiger partial charge in [0.15, 0.2) is 0 Å². The number of aryl methyl sites for hydroxylation is 1. The molecule has 0 aliphatic rings. The van der Waals surface area contributed by atoms with E-state index in [-0.39, 0.29) is 18.1 Å². The van der Waals surface area contributed by atoms with Crippen molar-refractivity contribution in [3.8, 4) is 11.3 Å². The van der Waals surface area contributed by atoms with Gasteiger partial charge in [0, 0.05) is 18.0 Å². The molecule has 0 bridgehead atoms. The quantitative estimate of drug-likeness (QED) is 0.945. The highest BCUT2D eigenvalue weighted by Gasteiger charge is 2.12. The molecule has 1 N–H and O–H groups in total. The minimum Gasteiger partial charge on any atom is -0.359 e. The average molecular weight is 299 g/mol. The standard InChI is InChI=1S/C13H12ClFN2OS/c1-7-3-8(9(14)4-10(7)15)11-6-19-13(17-11)5-12(18)16-2/h3-4,6H,5H2,1-2H3,(H,16,18). The predicted octanol–water partition coefficient (Wildman–Crippen LogP) is 3.20. The Morgan fingerprint density at radius 3 is 2.95 bits per heavy atom. The van der Waals surface area contributed by atoms with Gasteiger partial charge in [0.25, 0.3) is 0 Å². The second kappa shape index (κ2) is 5.67. The summed E-state index contributed by atoms with van der Waals surface area (Å²) < 4.78 is 13.3. The number of hydrogen-bond acceptors (Lipinski definition) is 3. The first-order valence-corrected chi connectivity index (χ1v) is 6.88. The Hall–Kier alpha value is -1.46. The number of likely N-dealkylation sites (N-methyl/N-ethyl adjacent to an activating group) is 1. The molecule has 0 saturated heterocycles. The number of rotatable bonds is 3. The van der Waals surface area contributed by atoms with E-state index in [0.29, 0.717) is 26.9 Å². The molecule has 1 aromatic heterocycles. The maximum Gasteiger partial charge on any atom is 0.226 e. The van der Waals surface area contributed by atoms with E-state index in [1.54, 1.807) is 20.0 Å². The molecule has 19 heavy (non-hydrogen) atoms. The maximum absolute atomic E-state index is 13.3. The monoisotopic (exact) mass is 298 g/mol. The van der Waals surface area contributed by atoms with Crippen LogP contribution in [0.3, 0.4) is 0 Å². The second-order valence-corrected chi connectivity index (χ2v) is 5.41. The van der Waals surface area contributed by atoms with Crippen LogP contribution < -0.4 is 5.32 Å². The lowest BCUT2D eigenvalue weighted by atomic mass is 10.1. The van der Waals surface area contributed by atoms with Gasteiger partial charge >= 0.3 is 0 Å². The Morgan fingerprint density at radius 2 is 2.26 bits per heavy atom. The number of nitrogens with zero attached hydrogens (tertiary/aromatic N) is 1. The number of nitrogens with one attached hydrogen (secondary N) is 1. The molecule has 2 rings (SSSR count). The largest absolute Gasteiger partial charge is 0.359 e. The van der Waals surface area contributed by atoms with Crippen LogP contribution in [0.5, 0.6) is 0 Å². The van der Waals surface area contributed by atoms with Gasteiger partial charge in [0.05, 0.1) is 17.1 Å². The van der Waals surface area contributed by atoms with E-state index in [9.17, 15) is 9.18 Å². The summed E-state index contributed by atoms with van der Waals surface area (Å²) in [6.07, 6.45) is 0.235. The highest BCUT2D eigenvalue weighted by atomic mass is 35.5. The summed E-state index contributed by atoms with van der Waals surface area (Å²) in [5, 5.41) is 5.38. The van der Waals surface area contributed by atoms with Crippen LogP contribution >= 0.6 is 22.9 Å². The Bertz CT molecular complexity index is 627. The summed E-state index contributed by atoms with van der Waals surface area (Å²) in [5.41, 5.74) is 1.86.